The van der Waals surface area contributed by atoms with E-state index in [4.69, 9.17) is 0 Å². The third-order valence-electron chi connectivity index (χ3n) is 4.32. The third-order valence-corrected chi connectivity index (χ3v) is 5.50. The molecule has 3 aromatic rings. The molecule has 1 saturated heterocycles. The number of hydrogen-bond acceptors (Lipinski definition) is 7. The standard InChI is InChI=1S/C19H20N6OS/c1-12-17(27-19(23-12)15-4-2-3-8-21-15)18(26)25-13-5-6-16(22-11-13)24-14-7-9-20-10-14/h2-6,8,11,14,20H,7,9-10H2,1H3,(H,22,24)(H,25,26)/t14-/m0/s1. The Morgan fingerprint density at radius 2 is 2.19 bits per heavy atom. The summed E-state index contributed by atoms with van der Waals surface area (Å²) in [6.07, 6.45) is 4.47. The Labute approximate surface area is 161 Å². The van der Waals surface area contributed by atoms with Crippen molar-refractivity contribution in [3.63, 3.8) is 0 Å². The molecule has 3 aromatic heterocycles. The van der Waals surface area contributed by atoms with E-state index in [0.717, 1.165) is 36.0 Å². The van der Waals surface area contributed by atoms with Gasteiger partial charge in [-0.05, 0) is 44.2 Å². The first-order valence-electron chi connectivity index (χ1n) is 8.82. The van der Waals surface area contributed by atoms with Crippen LogP contribution in [0.3, 0.4) is 0 Å². The molecule has 0 radical (unpaired) electrons. The average Bonchev–Trinajstić information content (AvgIpc) is 3.34. The fourth-order valence-corrected chi connectivity index (χ4v) is 3.87. The number of amides is 1. The van der Waals surface area contributed by atoms with Gasteiger partial charge in [0.25, 0.3) is 5.91 Å². The summed E-state index contributed by atoms with van der Waals surface area (Å²) in [6, 6.07) is 9.78. The summed E-state index contributed by atoms with van der Waals surface area (Å²) in [5.74, 6) is 0.628. The van der Waals surface area contributed by atoms with Crippen molar-refractivity contribution in [1.82, 2.24) is 20.3 Å². The Morgan fingerprint density at radius 1 is 1.26 bits per heavy atom. The first-order valence-corrected chi connectivity index (χ1v) is 9.64. The smallest absolute Gasteiger partial charge is 0.267 e. The van der Waals surface area contributed by atoms with Crippen molar-refractivity contribution >= 4 is 28.7 Å². The van der Waals surface area contributed by atoms with Crippen LogP contribution in [-0.2, 0) is 0 Å². The molecule has 1 aliphatic heterocycles. The molecule has 138 valence electrons. The van der Waals surface area contributed by atoms with Crippen molar-refractivity contribution in [3.05, 3.63) is 53.3 Å². The summed E-state index contributed by atoms with van der Waals surface area (Å²) in [4.78, 5) is 26.4. The quantitative estimate of drug-likeness (QED) is 0.630. The van der Waals surface area contributed by atoms with Gasteiger partial charge in [-0.25, -0.2) is 9.97 Å². The number of anilines is 2. The van der Waals surface area contributed by atoms with Crippen molar-refractivity contribution in [2.45, 2.75) is 19.4 Å². The maximum Gasteiger partial charge on any atom is 0.267 e. The predicted molar refractivity (Wildman–Crippen MR) is 107 cm³/mol. The van der Waals surface area contributed by atoms with Crippen LogP contribution < -0.4 is 16.0 Å². The van der Waals surface area contributed by atoms with Crippen LogP contribution in [0, 0.1) is 6.92 Å². The van der Waals surface area contributed by atoms with E-state index < -0.39 is 0 Å². The van der Waals surface area contributed by atoms with E-state index in [1.165, 1.54) is 11.3 Å². The Morgan fingerprint density at radius 3 is 2.89 bits per heavy atom. The summed E-state index contributed by atoms with van der Waals surface area (Å²) < 4.78 is 0. The van der Waals surface area contributed by atoms with Crippen LogP contribution in [0.25, 0.3) is 10.7 Å². The summed E-state index contributed by atoms with van der Waals surface area (Å²) in [5.41, 5.74) is 2.11. The highest BCUT2D eigenvalue weighted by Gasteiger charge is 2.17. The number of carbonyl (C=O) groups excluding carboxylic acids is 1. The maximum absolute atomic E-state index is 12.6. The third kappa shape index (κ3) is 4.12. The number of nitrogens with one attached hydrogen (secondary N) is 3. The highest BCUT2D eigenvalue weighted by atomic mass is 32.1. The van der Waals surface area contributed by atoms with Gasteiger partial charge in [-0.3, -0.25) is 9.78 Å². The van der Waals surface area contributed by atoms with Crippen molar-refractivity contribution in [2.75, 3.05) is 23.7 Å². The Bertz CT molecular complexity index is 919. The van der Waals surface area contributed by atoms with E-state index >= 15 is 0 Å². The minimum Gasteiger partial charge on any atom is -0.366 e. The number of aryl methyl sites for hydroxylation is 1. The zero-order valence-electron chi connectivity index (χ0n) is 14.9. The lowest BCUT2D eigenvalue weighted by molar-refractivity contribution is 0.103. The number of thiazole rings is 1. The first kappa shape index (κ1) is 17.6. The van der Waals surface area contributed by atoms with Gasteiger partial charge in [0.1, 0.15) is 15.7 Å². The fourth-order valence-electron chi connectivity index (χ4n) is 2.93. The number of hydrogen-bond donors (Lipinski definition) is 3. The predicted octanol–water partition coefficient (Wildman–Crippen LogP) is 2.93. The normalized spacial score (nSPS) is 16.3. The highest BCUT2D eigenvalue weighted by Crippen LogP contribution is 2.27. The molecule has 1 fully saturated rings. The van der Waals surface area contributed by atoms with E-state index in [-0.39, 0.29) is 5.91 Å². The molecule has 7 nitrogen and oxygen atoms in total. The zero-order valence-corrected chi connectivity index (χ0v) is 15.7. The molecular weight excluding hydrogens is 360 g/mol. The average molecular weight is 380 g/mol. The first-order chi connectivity index (χ1) is 13.2. The van der Waals surface area contributed by atoms with Gasteiger partial charge >= 0.3 is 0 Å². The summed E-state index contributed by atoms with van der Waals surface area (Å²) >= 11 is 1.34. The van der Waals surface area contributed by atoms with Gasteiger partial charge in [0.2, 0.25) is 0 Å². The molecule has 0 bridgehead atoms. The van der Waals surface area contributed by atoms with Crippen LogP contribution in [0.5, 0.6) is 0 Å². The molecule has 8 heteroatoms. The molecule has 1 amide bonds. The molecule has 0 saturated carbocycles. The molecular formula is C19H20N6OS. The lowest BCUT2D eigenvalue weighted by Crippen LogP contribution is -2.22. The molecule has 0 aliphatic carbocycles. The minimum absolute atomic E-state index is 0.185. The summed E-state index contributed by atoms with van der Waals surface area (Å²) in [7, 11) is 0. The molecule has 0 unspecified atom stereocenters. The van der Waals surface area contributed by atoms with Gasteiger partial charge in [0.05, 0.1) is 23.3 Å². The van der Waals surface area contributed by atoms with E-state index in [0.29, 0.717) is 22.3 Å². The van der Waals surface area contributed by atoms with Gasteiger partial charge in [-0.1, -0.05) is 6.07 Å². The number of aromatic nitrogens is 3. The summed E-state index contributed by atoms with van der Waals surface area (Å²) in [6.45, 7) is 3.81. The maximum atomic E-state index is 12.6. The minimum atomic E-state index is -0.185. The molecule has 0 aromatic carbocycles. The number of carbonyl (C=O) groups is 1. The molecule has 1 atom stereocenters. The molecule has 4 rings (SSSR count). The van der Waals surface area contributed by atoms with Crippen molar-refractivity contribution in [1.29, 1.82) is 0 Å². The molecule has 0 spiro atoms. The molecule has 1 aliphatic rings. The van der Waals surface area contributed by atoms with E-state index in [9.17, 15) is 4.79 Å². The molecule has 4 heterocycles. The number of pyridine rings is 2. The van der Waals surface area contributed by atoms with Crippen LogP contribution in [0.4, 0.5) is 11.5 Å². The Kier molecular flexibility index (Phi) is 5.08. The fraction of sp³-hybridized carbons (Fsp3) is 0.263. The monoisotopic (exact) mass is 380 g/mol. The van der Waals surface area contributed by atoms with Crippen LogP contribution in [-0.4, -0.2) is 40.0 Å². The van der Waals surface area contributed by atoms with Gasteiger partial charge in [-0.15, -0.1) is 11.3 Å². The second kappa shape index (κ2) is 7.81. The van der Waals surface area contributed by atoms with E-state index in [1.54, 1.807) is 12.4 Å². The van der Waals surface area contributed by atoms with Crippen LogP contribution in [0.2, 0.25) is 0 Å². The summed E-state index contributed by atoms with van der Waals surface area (Å²) in [5, 5.41) is 10.3. The highest BCUT2D eigenvalue weighted by molar-refractivity contribution is 7.17. The topological polar surface area (TPSA) is 91.8 Å². The largest absolute Gasteiger partial charge is 0.366 e. The lowest BCUT2D eigenvalue weighted by atomic mass is 10.2. The lowest BCUT2D eigenvalue weighted by Gasteiger charge is -2.12. The Hall–Kier alpha value is -2.84. The zero-order chi connectivity index (χ0) is 18.6. The van der Waals surface area contributed by atoms with Crippen LogP contribution in [0.1, 0.15) is 21.8 Å². The Balaban J connectivity index is 1.43. The SMILES string of the molecule is Cc1nc(-c2ccccn2)sc1C(=O)Nc1ccc(N[C@H]2CCNC2)nc1. The van der Waals surface area contributed by atoms with Crippen molar-refractivity contribution in [2.24, 2.45) is 0 Å². The van der Waals surface area contributed by atoms with Gasteiger partial charge in [0.15, 0.2) is 0 Å². The van der Waals surface area contributed by atoms with Gasteiger partial charge in [0, 0.05) is 18.8 Å². The molecule has 27 heavy (non-hydrogen) atoms. The van der Waals surface area contributed by atoms with Gasteiger partial charge in [-0.2, -0.15) is 0 Å². The van der Waals surface area contributed by atoms with Crippen molar-refractivity contribution in [3.8, 4) is 10.7 Å². The number of nitrogens with zero attached hydrogens (tertiary/aromatic N) is 3. The van der Waals surface area contributed by atoms with Crippen LogP contribution >= 0.6 is 11.3 Å². The van der Waals surface area contributed by atoms with E-state index in [2.05, 4.69) is 30.9 Å². The second-order valence-electron chi connectivity index (χ2n) is 6.37. The van der Waals surface area contributed by atoms with Crippen LogP contribution in [0.15, 0.2) is 42.7 Å². The molecule has 3 N–H and O–H groups in total. The second-order valence-corrected chi connectivity index (χ2v) is 7.37. The number of rotatable bonds is 5. The van der Waals surface area contributed by atoms with Crippen molar-refractivity contribution < 1.29 is 4.79 Å². The van der Waals surface area contributed by atoms with E-state index in [1.807, 2.05) is 37.3 Å². The van der Waals surface area contributed by atoms with Gasteiger partial charge < -0.3 is 16.0 Å².